The third-order valence-electron chi connectivity index (χ3n) is 4.49. The summed E-state index contributed by atoms with van der Waals surface area (Å²) < 4.78 is 7.79. The van der Waals surface area contributed by atoms with Crippen molar-refractivity contribution in [1.82, 2.24) is 20.2 Å². The molecule has 2 aromatic carbocycles. The molecule has 3 aromatic rings. The van der Waals surface area contributed by atoms with Crippen LogP contribution in [0.5, 0.6) is 5.75 Å². The Morgan fingerprint density at radius 3 is 2.61 bits per heavy atom. The number of hydrogen-bond acceptors (Lipinski definition) is 3. The highest BCUT2D eigenvalue weighted by molar-refractivity contribution is 14.0. The standard InChI is InChI=1S/C24H29N5O.HI/c1-3-15-30-23-8-6-5-7-22(23)17-28-24(26-4-2)27-16-20-9-11-21(12-10-20)18-29-14-13-25-19-29;/h3,5-14,19H,1,4,15-18H2,2H3,(H2,26,27,28);1H. The second-order valence-electron chi connectivity index (χ2n) is 6.81. The molecule has 3 rings (SSSR count). The largest absolute Gasteiger partial charge is 0.489 e. The Morgan fingerprint density at radius 1 is 1.13 bits per heavy atom. The molecule has 0 saturated carbocycles. The van der Waals surface area contributed by atoms with Crippen LogP contribution in [0.15, 0.2) is 84.9 Å². The number of benzene rings is 2. The number of halogens is 1. The number of ether oxygens (including phenoxy) is 1. The zero-order valence-electron chi connectivity index (χ0n) is 17.8. The highest BCUT2D eigenvalue weighted by Gasteiger charge is 2.04. The third-order valence-corrected chi connectivity index (χ3v) is 4.49. The first kappa shape index (κ1) is 24.5. The Bertz CT molecular complexity index is 939. The van der Waals surface area contributed by atoms with Crippen LogP contribution in [0.1, 0.15) is 23.6 Å². The van der Waals surface area contributed by atoms with E-state index >= 15 is 0 Å². The van der Waals surface area contributed by atoms with Crippen molar-refractivity contribution in [3.05, 3.63) is 96.6 Å². The van der Waals surface area contributed by atoms with E-state index in [0.717, 1.165) is 35.9 Å². The minimum atomic E-state index is 0. The summed E-state index contributed by atoms with van der Waals surface area (Å²) in [5, 5.41) is 6.69. The fourth-order valence-electron chi connectivity index (χ4n) is 2.97. The van der Waals surface area contributed by atoms with Crippen molar-refractivity contribution in [1.29, 1.82) is 0 Å². The molecule has 0 atom stereocenters. The number of guanidine groups is 1. The van der Waals surface area contributed by atoms with Gasteiger partial charge in [-0.05, 0) is 24.1 Å². The molecule has 0 bridgehead atoms. The van der Waals surface area contributed by atoms with Crippen molar-refractivity contribution < 1.29 is 4.74 Å². The van der Waals surface area contributed by atoms with E-state index < -0.39 is 0 Å². The van der Waals surface area contributed by atoms with Crippen LogP contribution < -0.4 is 15.4 Å². The topological polar surface area (TPSA) is 63.5 Å². The van der Waals surface area contributed by atoms with Gasteiger partial charge in [-0.3, -0.25) is 0 Å². The zero-order chi connectivity index (χ0) is 21.0. The van der Waals surface area contributed by atoms with E-state index in [1.807, 2.05) is 36.8 Å². The minimum absolute atomic E-state index is 0. The summed E-state index contributed by atoms with van der Waals surface area (Å²) in [5.41, 5.74) is 3.48. The number of para-hydroxylation sites is 1. The Labute approximate surface area is 201 Å². The molecular weight excluding hydrogens is 501 g/mol. The van der Waals surface area contributed by atoms with E-state index in [-0.39, 0.29) is 24.0 Å². The van der Waals surface area contributed by atoms with Crippen LogP contribution in [0.4, 0.5) is 0 Å². The second kappa shape index (κ2) is 13.5. The summed E-state index contributed by atoms with van der Waals surface area (Å²) in [6.45, 7) is 9.10. The minimum Gasteiger partial charge on any atom is -0.489 e. The molecule has 31 heavy (non-hydrogen) atoms. The fourth-order valence-corrected chi connectivity index (χ4v) is 2.97. The van der Waals surface area contributed by atoms with Crippen molar-refractivity contribution >= 4 is 29.9 Å². The first-order valence-electron chi connectivity index (χ1n) is 10.2. The molecule has 0 fully saturated rings. The van der Waals surface area contributed by atoms with E-state index in [4.69, 9.17) is 9.73 Å². The highest BCUT2D eigenvalue weighted by Crippen LogP contribution is 2.17. The van der Waals surface area contributed by atoms with Crippen LogP contribution in [-0.4, -0.2) is 28.7 Å². The molecule has 164 valence electrons. The van der Waals surface area contributed by atoms with Gasteiger partial charge in [0.15, 0.2) is 5.96 Å². The van der Waals surface area contributed by atoms with Gasteiger partial charge in [-0.2, -0.15) is 0 Å². The second-order valence-corrected chi connectivity index (χ2v) is 6.81. The molecule has 2 N–H and O–H groups in total. The number of nitrogens with one attached hydrogen (secondary N) is 2. The number of rotatable bonds is 10. The molecule has 0 spiro atoms. The number of hydrogen-bond donors (Lipinski definition) is 2. The molecular formula is C24H30IN5O. The summed E-state index contributed by atoms with van der Waals surface area (Å²) in [4.78, 5) is 8.80. The van der Waals surface area contributed by atoms with E-state index in [1.54, 1.807) is 12.3 Å². The predicted molar refractivity (Wildman–Crippen MR) is 137 cm³/mol. The first-order valence-corrected chi connectivity index (χ1v) is 10.2. The van der Waals surface area contributed by atoms with Crippen molar-refractivity contribution in [3.63, 3.8) is 0 Å². The zero-order valence-corrected chi connectivity index (χ0v) is 20.2. The maximum absolute atomic E-state index is 5.73. The summed E-state index contributed by atoms with van der Waals surface area (Å²) in [6, 6.07) is 16.5. The van der Waals surface area contributed by atoms with Crippen LogP contribution in [0.3, 0.4) is 0 Å². The molecule has 0 aliphatic carbocycles. The third kappa shape index (κ3) is 8.09. The van der Waals surface area contributed by atoms with Crippen molar-refractivity contribution in [2.75, 3.05) is 13.2 Å². The van der Waals surface area contributed by atoms with E-state index in [0.29, 0.717) is 19.7 Å². The van der Waals surface area contributed by atoms with Gasteiger partial charge >= 0.3 is 0 Å². The molecule has 0 saturated heterocycles. The van der Waals surface area contributed by atoms with Crippen molar-refractivity contribution in [2.24, 2.45) is 4.99 Å². The quantitative estimate of drug-likeness (QED) is 0.177. The molecule has 0 aliphatic rings. The Morgan fingerprint density at radius 2 is 1.90 bits per heavy atom. The van der Waals surface area contributed by atoms with Gasteiger partial charge in [0.25, 0.3) is 0 Å². The van der Waals surface area contributed by atoms with Crippen LogP contribution >= 0.6 is 24.0 Å². The predicted octanol–water partition coefficient (Wildman–Crippen LogP) is 4.37. The number of nitrogens with zero attached hydrogens (tertiary/aromatic N) is 3. The average molecular weight is 531 g/mol. The van der Waals surface area contributed by atoms with Crippen LogP contribution in [0.25, 0.3) is 0 Å². The molecule has 0 unspecified atom stereocenters. The maximum Gasteiger partial charge on any atom is 0.191 e. The van der Waals surface area contributed by atoms with Crippen molar-refractivity contribution in [2.45, 2.75) is 26.6 Å². The van der Waals surface area contributed by atoms with E-state index in [2.05, 4.69) is 58.0 Å². The molecule has 1 heterocycles. The first-order chi connectivity index (χ1) is 14.8. The highest BCUT2D eigenvalue weighted by atomic mass is 127. The molecule has 6 nitrogen and oxygen atoms in total. The monoisotopic (exact) mass is 531 g/mol. The Hall–Kier alpha value is -2.81. The smallest absolute Gasteiger partial charge is 0.191 e. The molecule has 1 aromatic heterocycles. The summed E-state index contributed by atoms with van der Waals surface area (Å²) >= 11 is 0. The van der Waals surface area contributed by atoms with Gasteiger partial charge in [0.2, 0.25) is 0 Å². The molecule has 0 amide bonds. The van der Waals surface area contributed by atoms with E-state index in [1.165, 1.54) is 5.56 Å². The van der Waals surface area contributed by atoms with Gasteiger partial charge in [0.05, 0.1) is 12.9 Å². The van der Waals surface area contributed by atoms with Gasteiger partial charge in [-0.1, -0.05) is 55.1 Å². The lowest BCUT2D eigenvalue weighted by molar-refractivity contribution is 0.358. The Balaban J connectivity index is 0.00000341. The van der Waals surface area contributed by atoms with Crippen LogP contribution in [0, 0.1) is 0 Å². The summed E-state index contributed by atoms with van der Waals surface area (Å²) in [6.07, 6.45) is 7.33. The number of imidazole rings is 1. The maximum atomic E-state index is 5.73. The SMILES string of the molecule is C=CCOc1ccccc1CNC(=NCc1ccc(Cn2ccnc2)cc1)NCC.I. The average Bonchev–Trinajstić information content (AvgIpc) is 3.29. The summed E-state index contributed by atoms with van der Waals surface area (Å²) in [7, 11) is 0. The van der Waals surface area contributed by atoms with Crippen molar-refractivity contribution in [3.8, 4) is 5.75 Å². The fraction of sp³-hybridized carbons (Fsp3) is 0.250. The van der Waals surface area contributed by atoms with Gasteiger partial charge in [-0.25, -0.2) is 9.98 Å². The number of aliphatic imine (C=N–C) groups is 1. The normalized spacial score (nSPS) is 10.8. The molecule has 0 aliphatic heterocycles. The lowest BCUT2D eigenvalue weighted by Crippen LogP contribution is -2.36. The molecule has 7 heteroatoms. The van der Waals surface area contributed by atoms with Gasteiger partial charge < -0.3 is 19.9 Å². The Kier molecular flexibility index (Phi) is 10.6. The molecule has 0 radical (unpaired) electrons. The van der Waals surface area contributed by atoms with Gasteiger partial charge in [-0.15, -0.1) is 24.0 Å². The summed E-state index contributed by atoms with van der Waals surface area (Å²) in [5.74, 6) is 1.63. The van der Waals surface area contributed by atoms with E-state index in [9.17, 15) is 0 Å². The lowest BCUT2D eigenvalue weighted by atomic mass is 10.1. The van der Waals surface area contributed by atoms with Crippen LogP contribution in [0.2, 0.25) is 0 Å². The lowest BCUT2D eigenvalue weighted by Gasteiger charge is -2.14. The number of aromatic nitrogens is 2. The van der Waals surface area contributed by atoms with Crippen LogP contribution in [-0.2, 0) is 19.6 Å². The van der Waals surface area contributed by atoms with Gasteiger partial charge in [0.1, 0.15) is 12.4 Å². The van der Waals surface area contributed by atoms with Gasteiger partial charge in [0, 0.05) is 37.6 Å².